The summed E-state index contributed by atoms with van der Waals surface area (Å²) in [5.41, 5.74) is 1.93. The smallest absolute Gasteiger partial charge is 0.378 e. The first-order chi connectivity index (χ1) is 9.04. The average Bonchev–Trinajstić information content (AvgIpc) is 2.39. The summed E-state index contributed by atoms with van der Waals surface area (Å²) in [6.45, 7) is 2.40. The summed E-state index contributed by atoms with van der Waals surface area (Å²) in [4.78, 5) is 2.20. The summed E-state index contributed by atoms with van der Waals surface area (Å²) < 4.78 is 41.2. The molecule has 0 radical (unpaired) electrons. The first-order valence-electron chi connectivity index (χ1n) is 6.24. The number of rotatable bonds is 4. The van der Waals surface area contributed by atoms with Gasteiger partial charge in [-0.15, -0.1) is 0 Å². The molecule has 1 aromatic carbocycles. The van der Waals surface area contributed by atoms with E-state index in [-0.39, 0.29) is 6.54 Å². The van der Waals surface area contributed by atoms with Crippen LogP contribution >= 0.6 is 0 Å². The number of nitrogens with zero attached hydrogens (tertiary/aromatic N) is 1. The van der Waals surface area contributed by atoms with Gasteiger partial charge in [0.15, 0.2) is 0 Å². The number of halogens is 3. The van der Waals surface area contributed by atoms with Crippen molar-refractivity contribution in [3.8, 4) is 0 Å². The first-order valence-corrected chi connectivity index (χ1v) is 6.24. The Bertz CT molecular complexity index is 386. The third-order valence-electron chi connectivity index (χ3n) is 2.97. The zero-order valence-electron chi connectivity index (χ0n) is 10.5. The standard InChI is InChI=1S/C13H17F3N2O/c14-13(15,16)10-17-9-11-1-3-12(4-2-11)18-5-7-19-8-6-18/h1-4,17H,5-10H2. The van der Waals surface area contributed by atoms with Crippen LogP contribution in [0.1, 0.15) is 5.56 Å². The van der Waals surface area contributed by atoms with Crippen LogP contribution in [0.25, 0.3) is 0 Å². The monoisotopic (exact) mass is 274 g/mol. The molecular weight excluding hydrogens is 257 g/mol. The third kappa shape index (κ3) is 4.72. The Hall–Kier alpha value is -1.27. The molecule has 0 amide bonds. The molecule has 1 saturated heterocycles. The molecule has 1 aromatic rings. The summed E-state index contributed by atoms with van der Waals surface area (Å²) in [5.74, 6) is 0. The molecule has 1 aliphatic heterocycles. The molecule has 1 heterocycles. The SMILES string of the molecule is FC(F)(F)CNCc1ccc(N2CCOCC2)cc1. The van der Waals surface area contributed by atoms with Crippen molar-refractivity contribution in [1.29, 1.82) is 0 Å². The minimum absolute atomic E-state index is 0.225. The van der Waals surface area contributed by atoms with E-state index >= 15 is 0 Å². The number of alkyl halides is 3. The normalized spacial score (nSPS) is 16.7. The van der Waals surface area contributed by atoms with Gasteiger partial charge in [-0.05, 0) is 17.7 Å². The quantitative estimate of drug-likeness (QED) is 0.910. The van der Waals surface area contributed by atoms with E-state index in [0.717, 1.165) is 37.6 Å². The molecule has 106 valence electrons. The van der Waals surface area contributed by atoms with Crippen molar-refractivity contribution in [3.63, 3.8) is 0 Å². The molecule has 0 unspecified atom stereocenters. The lowest BCUT2D eigenvalue weighted by molar-refractivity contribution is -0.125. The van der Waals surface area contributed by atoms with E-state index in [0.29, 0.717) is 0 Å². The minimum Gasteiger partial charge on any atom is -0.378 e. The number of morpholine rings is 1. The molecule has 1 aliphatic rings. The van der Waals surface area contributed by atoms with Crippen molar-refractivity contribution < 1.29 is 17.9 Å². The van der Waals surface area contributed by atoms with Crippen molar-refractivity contribution in [2.45, 2.75) is 12.7 Å². The highest BCUT2D eigenvalue weighted by molar-refractivity contribution is 5.47. The van der Waals surface area contributed by atoms with Gasteiger partial charge in [-0.2, -0.15) is 13.2 Å². The highest BCUT2D eigenvalue weighted by Crippen LogP contribution is 2.17. The van der Waals surface area contributed by atoms with Gasteiger partial charge < -0.3 is 15.0 Å². The maximum atomic E-state index is 12.0. The average molecular weight is 274 g/mol. The molecule has 0 bridgehead atoms. The summed E-state index contributed by atoms with van der Waals surface area (Å²) in [6, 6.07) is 7.59. The van der Waals surface area contributed by atoms with Gasteiger partial charge in [-0.1, -0.05) is 12.1 Å². The van der Waals surface area contributed by atoms with E-state index in [1.165, 1.54) is 0 Å². The molecule has 2 rings (SSSR count). The van der Waals surface area contributed by atoms with Gasteiger partial charge in [-0.25, -0.2) is 0 Å². The Morgan fingerprint density at radius 3 is 2.32 bits per heavy atom. The Labute approximate surface area is 110 Å². The van der Waals surface area contributed by atoms with Gasteiger partial charge >= 0.3 is 6.18 Å². The van der Waals surface area contributed by atoms with E-state index in [4.69, 9.17) is 4.74 Å². The lowest BCUT2D eigenvalue weighted by Gasteiger charge is -2.28. The van der Waals surface area contributed by atoms with Crippen molar-refractivity contribution in [2.75, 3.05) is 37.7 Å². The van der Waals surface area contributed by atoms with Gasteiger partial charge in [0.1, 0.15) is 0 Å². The van der Waals surface area contributed by atoms with Gasteiger partial charge in [0.25, 0.3) is 0 Å². The molecule has 19 heavy (non-hydrogen) atoms. The summed E-state index contributed by atoms with van der Waals surface area (Å²) >= 11 is 0. The number of hydrogen-bond donors (Lipinski definition) is 1. The van der Waals surface area contributed by atoms with Crippen LogP contribution in [0.3, 0.4) is 0 Å². The van der Waals surface area contributed by atoms with Gasteiger partial charge in [-0.3, -0.25) is 0 Å². The second kappa shape index (κ2) is 6.25. The van der Waals surface area contributed by atoms with Crippen LogP contribution in [0, 0.1) is 0 Å². The molecule has 3 nitrogen and oxygen atoms in total. The zero-order chi connectivity index (χ0) is 13.7. The van der Waals surface area contributed by atoms with Crippen molar-refractivity contribution in [2.24, 2.45) is 0 Å². The Morgan fingerprint density at radius 2 is 1.74 bits per heavy atom. The number of anilines is 1. The van der Waals surface area contributed by atoms with E-state index in [9.17, 15) is 13.2 Å². The van der Waals surface area contributed by atoms with Crippen LogP contribution in [0.5, 0.6) is 0 Å². The molecule has 0 aliphatic carbocycles. The summed E-state index contributed by atoms with van der Waals surface area (Å²) in [7, 11) is 0. The van der Waals surface area contributed by atoms with Crippen LogP contribution in [-0.2, 0) is 11.3 Å². The molecule has 1 fully saturated rings. The largest absolute Gasteiger partial charge is 0.401 e. The molecule has 6 heteroatoms. The predicted molar refractivity (Wildman–Crippen MR) is 67.2 cm³/mol. The topological polar surface area (TPSA) is 24.5 Å². The van der Waals surface area contributed by atoms with Crippen LogP contribution < -0.4 is 10.2 Å². The summed E-state index contributed by atoms with van der Waals surface area (Å²) in [6.07, 6.45) is -4.16. The van der Waals surface area contributed by atoms with E-state index in [2.05, 4.69) is 10.2 Å². The van der Waals surface area contributed by atoms with Crippen LogP contribution in [0.2, 0.25) is 0 Å². The van der Waals surface area contributed by atoms with E-state index in [1.807, 2.05) is 24.3 Å². The lowest BCUT2D eigenvalue weighted by atomic mass is 10.2. The fraction of sp³-hybridized carbons (Fsp3) is 0.538. The van der Waals surface area contributed by atoms with E-state index < -0.39 is 12.7 Å². The lowest BCUT2D eigenvalue weighted by Crippen LogP contribution is -2.36. The Morgan fingerprint density at radius 1 is 1.11 bits per heavy atom. The second-order valence-corrected chi connectivity index (χ2v) is 4.48. The van der Waals surface area contributed by atoms with Gasteiger partial charge in [0.2, 0.25) is 0 Å². The third-order valence-corrected chi connectivity index (χ3v) is 2.97. The molecule has 0 spiro atoms. The highest BCUT2D eigenvalue weighted by atomic mass is 19.4. The first kappa shape index (κ1) is 14.1. The minimum atomic E-state index is -4.16. The number of benzene rings is 1. The van der Waals surface area contributed by atoms with Gasteiger partial charge in [0, 0.05) is 25.3 Å². The van der Waals surface area contributed by atoms with Crippen molar-refractivity contribution in [3.05, 3.63) is 29.8 Å². The molecule has 0 saturated carbocycles. The van der Waals surface area contributed by atoms with Crippen LogP contribution in [-0.4, -0.2) is 39.0 Å². The fourth-order valence-corrected chi connectivity index (χ4v) is 1.99. The Balaban J connectivity index is 1.84. The molecule has 1 N–H and O–H groups in total. The van der Waals surface area contributed by atoms with Crippen molar-refractivity contribution in [1.82, 2.24) is 5.32 Å². The molecular formula is C13H17F3N2O. The predicted octanol–water partition coefficient (Wildman–Crippen LogP) is 2.18. The number of ether oxygens (including phenoxy) is 1. The number of hydrogen-bond acceptors (Lipinski definition) is 3. The zero-order valence-corrected chi connectivity index (χ0v) is 10.5. The fourth-order valence-electron chi connectivity index (χ4n) is 1.99. The molecule has 0 aromatic heterocycles. The van der Waals surface area contributed by atoms with Gasteiger partial charge in [0.05, 0.1) is 19.8 Å². The second-order valence-electron chi connectivity index (χ2n) is 4.48. The van der Waals surface area contributed by atoms with Crippen LogP contribution in [0.4, 0.5) is 18.9 Å². The van der Waals surface area contributed by atoms with Crippen molar-refractivity contribution >= 4 is 5.69 Å². The van der Waals surface area contributed by atoms with Crippen LogP contribution in [0.15, 0.2) is 24.3 Å². The molecule has 0 atom stereocenters. The number of nitrogens with one attached hydrogen (secondary N) is 1. The summed E-state index contributed by atoms with van der Waals surface area (Å²) in [5, 5.41) is 2.38. The maximum absolute atomic E-state index is 12.0. The van der Waals surface area contributed by atoms with E-state index in [1.54, 1.807) is 0 Å². The highest BCUT2D eigenvalue weighted by Gasteiger charge is 2.26. The maximum Gasteiger partial charge on any atom is 0.401 e. The Kier molecular flexibility index (Phi) is 4.66.